The first-order valence-corrected chi connectivity index (χ1v) is 9.03. The number of hydrogen-bond donors (Lipinski definition) is 0. The van der Waals surface area contributed by atoms with Gasteiger partial charge in [-0.3, -0.25) is 4.67 Å². The lowest BCUT2D eigenvalue weighted by Gasteiger charge is -2.44. The van der Waals surface area contributed by atoms with Crippen molar-refractivity contribution in [3.05, 3.63) is 30.3 Å². The first-order chi connectivity index (χ1) is 8.34. The number of benzene rings is 1. The monoisotopic (exact) mass is 283 g/mol. The van der Waals surface area contributed by atoms with Gasteiger partial charge in [0, 0.05) is 17.8 Å². The number of hydrogen-bond acceptors (Lipinski definition) is 2. The first kappa shape index (κ1) is 14.2. The molecule has 0 unspecified atom stereocenters. The smallest absolute Gasteiger partial charge is 0.161 e. The maximum atomic E-state index is 6.15. The summed E-state index contributed by atoms with van der Waals surface area (Å²) in [6.07, 6.45) is -2.00. The van der Waals surface area contributed by atoms with Crippen LogP contribution in [0.3, 0.4) is 0 Å². The summed E-state index contributed by atoms with van der Waals surface area (Å²) in [7, 11) is 2.10. The molecule has 0 aromatic heterocycles. The Labute approximate surface area is 115 Å². The molecule has 0 radical (unpaired) electrons. The summed E-state index contributed by atoms with van der Waals surface area (Å²) in [6, 6.07) is 10.3. The van der Waals surface area contributed by atoms with Crippen LogP contribution in [0.15, 0.2) is 30.3 Å². The van der Waals surface area contributed by atoms with Crippen molar-refractivity contribution in [3.63, 3.8) is 0 Å². The number of rotatable bonds is 1. The molecule has 100 valence electrons. The summed E-state index contributed by atoms with van der Waals surface area (Å²) < 4.78 is 8.42. The van der Waals surface area contributed by atoms with Gasteiger partial charge in [-0.05, 0) is 24.3 Å². The van der Waals surface area contributed by atoms with Gasteiger partial charge in [-0.2, -0.15) is 0 Å². The largest absolute Gasteiger partial charge is 0.334 e. The fourth-order valence-corrected chi connectivity index (χ4v) is 5.01. The van der Waals surface area contributed by atoms with Crippen molar-refractivity contribution >= 4 is 23.5 Å². The van der Waals surface area contributed by atoms with Gasteiger partial charge in [-0.1, -0.05) is 51.1 Å². The molecule has 1 heterocycles. The van der Waals surface area contributed by atoms with Crippen LogP contribution in [0.25, 0.3) is 0 Å². The Morgan fingerprint density at radius 2 is 1.89 bits per heavy atom. The Bertz CT molecular complexity index is 455. The molecule has 0 bridgehead atoms. The molecule has 1 aliphatic heterocycles. The minimum atomic E-state index is -2.00. The van der Waals surface area contributed by atoms with E-state index in [0.717, 1.165) is 18.5 Å². The van der Waals surface area contributed by atoms with Crippen LogP contribution in [-0.2, 0) is 16.3 Å². The predicted octanol–water partition coefficient (Wildman–Crippen LogP) is 3.25. The summed E-state index contributed by atoms with van der Waals surface area (Å²) in [4.78, 5) is 0. The molecule has 1 saturated heterocycles. The highest BCUT2D eigenvalue weighted by atomic mass is 32.4. The van der Waals surface area contributed by atoms with Gasteiger partial charge in [0.25, 0.3) is 0 Å². The van der Waals surface area contributed by atoms with Crippen molar-refractivity contribution in [1.29, 1.82) is 0 Å². The molecule has 2 atom stereocenters. The maximum absolute atomic E-state index is 6.15. The SMILES string of the molecule is CN1C[C@@H](C(C)(C)C)CO[P@@]1(=S)c1ccccc1. The molecular weight excluding hydrogens is 261 g/mol. The van der Waals surface area contributed by atoms with Gasteiger partial charge in [0.1, 0.15) is 0 Å². The summed E-state index contributed by atoms with van der Waals surface area (Å²) in [5.41, 5.74) is 0.269. The predicted molar refractivity (Wildman–Crippen MR) is 81.9 cm³/mol. The van der Waals surface area contributed by atoms with Crippen molar-refractivity contribution in [1.82, 2.24) is 4.67 Å². The van der Waals surface area contributed by atoms with E-state index in [1.165, 1.54) is 0 Å². The van der Waals surface area contributed by atoms with E-state index in [0.29, 0.717) is 5.92 Å². The topological polar surface area (TPSA) is 12.5 Å². The molecule has 0 aliphatic carbocycles. The molecule has 1 aromatic carbocycles. The van der Waals surface area contributed by atoms with Gasteiger partial charge in [-0.15, -0.1) is 0 Å². The third kappa shape index (κ3) is 2.70. The average molecular weight is 283 g/mol. The normalized spacial score (nSPS) is 30.3. The summed E-state index contributed by atoms with van der Waals surface area (Å²) in [5.74, 6) is 0.544. The van der Waals surface area contributed by atoms with Gasteiger partial charge in [0.15, 0.2) is 6.42 Å². The maximum Gasteiger partial charge on any atom is 0.161 e. The second-order valence-electron chi connectivity index (χ2n) is 6.05. The van der Waals surface area contributed by atoms with Crippen molar-refractivity contribution in [2.45, 2.75) is 20.8 Å². The van der Waals surface area contributed by atoms with Crippen molar-refractivity contribution in [3.8, 4) is 0 Å². The van der Waals surface area contributed by atoms with Crippen LogP contribution in [0.4, 0.5) is 0 Å². The highest BCUT2D eigenvalue weighted by Gasteiger charge is 2.38. The lowest BCUT2D eigenvalue weighted by atomic mass is 9.81. The third-order valence-electron chi connectivity index (χ3n) is 3.69. The molecule has 1 aromatic rings. The Hall–Kier alpha value is -0.210. The molecule has 0 saturated carbocycles. The highest BCUT2D eigenvalue weighted by molar-refractivity contribution is 8.14. The first-order valence-electron chi connectivity index (χ1n) is 6.36. The van der Waals surface area contributed by atoms with E-state index in [-0.39, 0.29) is 5.41 Å². The lowest BCUT2D eigenvalue weighted by Crippen LogP contribution is -2.41. The van der Waals surface area contributed by atoms with E-state index < -0.39 is 6.42 Å². The number of nitrogens with zero attached hydrogens (tertiary/aromatic N) is 1. The van der Waals surface area contributed by atoms with E-state index >= 15 is 0 Å². The molecule has 0 N–H and O–H groups in total. The van der Waals surface area contributed by atoms with Gasteiger partial charge in [0.05, 0.1) is 6.61 Å². The molecule has 1 aliphatic rings. The van der Waals surface area contributed by atoms with Crippen LogP contribution in [0.5, 0.6) is 0 Å². The van der Waals surface area contributed by atoms with Gasteiger partial charge in [0.2, 0.25) is 0 Å². The Balaban J connectivity index is 2.22. The van der Waals surface area contributed by atoms with Crippen molar-refractivity contribution in [2.75, 3.05) is 20.2 Å². The standard InChI is InChI=1S/C14H22NOPS/c1-14(2,3)12-10-15(4)17(18,16-11-12)13-8-6-5-7-9-13/h5-9,12H,10-11H2,1-4H3/t12-,17-/m1/s1. The van der Waals surface area contributed by atoms with Crippen LogP contribution in [-0.4, -0.2) is 24.9 Å². The van der Waals surface area contributed by atoms with E-state index in [4.69, 9.17) is 16.3 Å². The zero-order valence-electron chi connectivity index (χ0n) is 11.6. The second-order valence-corrected chi connectivity index (χ2v) is 10.0. The third-order valence-corrected chi connectivity index (χ3v) is 7.99. The van der Waals surface area contributed by atoms with Crippen LogP contribution in [0.2, 0.25) is 0 Å². The second kappa shape index (κ2) is 5.05. The van der Waals surface area contributed by atoms with E-state index in [1.807, 2.05) is 18.2 Å². The van der Waals surface area contributed by atoms with Crippen LogP contribution < -0.4 is 5.30 Å². The lowest BCUT2D eigenvalue weighted by molar-refractivity contribution is 0.104. The molecule has 1 fully saturated rings. The van der Waals surface area contributed by atoms with Crippen molar-refractivity contribution < 1.29 is 4.52 Å². The summed E-state index contributed by atoms with van der Waals surface area (Å²) in [6.45, 7) is 8.61. The van der Waals surface area contributed by atoms with E-state index in [2.05, 4.69) is 44.6 Å². The minimum absolute atomic E-state index is 0.269. The molecule has 0 spiro atoms. The highest BCUT2D eigenvalue weighted by Crippen LogP contribution is 2.53. The van der Waals surface area contributed by atoms with Gasteiger partial charge < -0.3 is 4.52 Å². The fourth-order valence-electron chi connectivity index (χ4n) is 2.18. The Kier molecular flexibility index (Phi) is 3.99. The summed E-state index contributed by atoms with van der Waals surface area (Å²) in [5, 5.41) is 1.16. The average Bonchev–Trinajstić information content (AvgIpc) is 2.32. The summed E-state index contributed by atoms with van der Waals surface area (Å²) >= 11 is 5.83. The van der Waals surface area contributed by atoms with Gasteiger partial charge >= 0.3 is 0 Å². The molecule has 0 amide bonds. The van der Waals surface area contributed by atoms with Crippen molar-refractivity contribution in [2.24, 2.45) is 11.3 Å². The zero-order valence-corrected chi connectivity index (χ0v) is 13.3. The molecule has 2 rings (SSSR count). The van der Waals surface area contributed by atoms with Gasteiger partial charge in [-0.25, -0.2) is 0 Å². The van der Waals surface area contributed by atoms with E-state index in [9.17, 15) is 0 Å². The molecule has 18 heavy (non-hydrogen) atoms. The zero-order chi connectivity index (χ0) is 13.4. The Morgan fingerprint density at radius 1 is 1.28 bits per heavy atom. The fraction of sp³-hybridized carbons (Fsp3) is 0.571. The van der Waals surface area contributed by atoms with Crippen LogP contribution in [0.1, 0.15) is 20.8 Å². The Morgan fingerprint density at radius 3 is 2.39 bits per heavy atom. The molecule has 4 heteroatoms. The molecular formula is C14H22NOPS. The van der Waals surface area contributed by atoms with Crippen LogP contribution >= 0.6 is 6.42 Å². The van der Waals surface area contributed by atoms with E-state index in [1.54, 1.807) is 0 Å². The minimum Gasteiger partial charge on any atom is -0.334 e. The quantitative estimate of drug-likeness (QED) is 0.734. The van der Waals surface area contributed by atoms with Crippen LogP contribution in [0, 0.1) is 11.3 Å². The molecule has 2 nitrogen and oxygen atoms in total.